The predicted molar refractivity (Wildman–Crippen MR) is 93.4 cm³/mol. The second kappa shape index (κ2) is 9.34. The van der Waals surface area contributed by atoms with Gasteiger partial charge in [0.2, 0.25) is 0 Å². The summed E-state index contributed by atoms with van der Waals surface area (Å²) in [4.78, 5) is 0. The number of aliphatic hydroxyl groups is 8. The Morgan fingerprint density at radius 3 is 2.10 bits per heavy atom. The van der Waals surface area contributed by atoms with Crippen molar-refractivity contribution in [3.8, 4) is 0 Å². The SMILES string of the molecule is CC1O[C@H](C2C(O)[C@@H](O)[C@@H](O[C@@H]3CNC(CO)[C@H]3O)O[C@@H]2CO)[C@H](O)C(O)[C@@H]1O. The molecule has 0 aromatic carbocycles. The van der Waals surface area contributed by atoms with Gasteiger partial charge in [0.1, 0.15) is 30.5 Å². The van der Waals surface area contributed by atoms with Crippen molar-refractivity contribution in [2.45, 2.75) is 80.3 Å². The molecule has 29 heavy (non-hydrogen) atoms. The molecule has 3 rings (SSSR count). The fraction of sp³-hybridized carbons (Fsp3) is 1.00. The zero-order valence-electron chi connectivity index (χ0n) is 15.9. The minimum Gasteiger partial charge on any atom is -0.395 e. The molecule has 3 fully saturated rings. The molecule has 0 amide bonds. The second-order valence-corrected chi connectivity index (χ2v) is 7.92. The predicted octanol–water partition coefficient (Wildman–Crippen LogP) is -5.38. The van der Waals surface area contributed by atoms with Gasteiger partial charge in [-0.15, -0.1) is 0 Å². The summed E-state index contributed by atoms with van der Waals surface area (Å²) in [5.41, 5.74) is 0. The Labute approximate surface area is 167 Å². The van der Waals surface area contributed by atoms with Crippen LogP contribution >= 0.6 is 0 Å². The van der Waals surface area contributed by atoms with Crippen molar-refractivity contribution in [2.75, 3.05) is 19.8 Å². The first-order valence-electron chi connectivity index (χ1n) is 9.71. The van der Waals surface area contributed by atoms with Gasteiger partial charge in [-0.2, -0.15) is 0 Å². The minimum absolute atomic E-state index is 0.175. The van der Waals surface area contributed by atoms with Crippen LogP contribution in [0.25, 0.3) is 0 Å². The van der Waals surface area contributed by atoms with E-state index in [2.05, 4.69) is 5.32 Å². The third-order valence-corrected chi connectivity index (χ3v) is 6.09. The van der Waals surface area contributed by atoms with E-state index < -0.39 is 85.9 Å². The van der Waals surface area contributed by atoms with Crippen molar-refractivity contribution in [3.05, 3.63) is 0 Å². The van der Waals surface area contributed by atoms with Crippen molar-refractivity contribution >= 4 is 0 Å². The summed E-state index contributed by atoms with van der Waals surface area (Å²) in [6.07, 6.45) is -14.2. The van der Waals surface area contributed by atoms with Gasteiger partial charge in [0.05, 0.1) is 49.8 Å². The van der Waals surface area contributed by atoms with E-state index in [0.717, 1.165) is 0 Å². The Bertz CT molecular complexity index is 540. The molecule has 12 nitrogen and oxygen atoms in total. The van der Waals surface area contributed by atoms with Gasteiger partial charge >= 0.3 is 0 Å². The van der Waals surface area contributed by atoms with Crippen molar-refractivity contribution in [1.82, 2.24) is 5.32 Å². The van der Waals surface area contributed by atoms with Crippen LogP contribution in [0.1, 0.15) is 6.92 Å². The highest BCUT2D eigenvalue weighted by Gasteiger charge is 2.55. The minimum atomic E-state index is -1.61. The van der Waals surface area contributed by atoms with E-state index in [1.807, 2.05) is 0 Å². The van der Waals surface area contributed by atoms with Crippen molar-refractivity contribution in [1.29, 1.82) is 0 Å². The second-order valence-electron chi connectivity index (χ2n) is 7.92. The summed E-state index contributed by atoms with van der Waals surface area (Å²) in [7, 11) is 0. The van der Waals surface area contributed by atoms with Crippen molar-refractivity contribution in [3.63, 3.8) is 0 Å². The molecule has 0 aromatic rings. The molecule has 3 aliphatic rings. The lowest BCUT2D eigenvalue weighted by molar-refractivity contribution is -0.331. The van der Waals surface area contributed by atoms with E-state index in [0.29, 0.717) is 0 Å². The highest BCUT2D eigenvalue weighted by Crippen LogP contribution is 2.36. The molecule has 5 unspecified atom stereocenters. The Morgan fingerprint density at radius 2 is 1.52 bits per heavy atom. The zero-order chi connectivity index (χ0) is 21.5. The molecule has 3 saturated heterocycles. The molecule has 0 aromatic heterocycles. The number of rotatable bonds is 5. The molecule has 0 aliphatic carbocycles. The molecular weight excluding hydrogens is 394 g/mol. The van der Waals surface area contributed by atoms with Crippen LogP contribution in [0.5, 0.6) is 0 Å². The summed E-state index contributed by atoms with van der Waals surface area (Å²) in [6.45, 7) is 0.723. The molecule has 0 radical (unpaired) electrons. The van der Waals surface area contributed by atoms with Crippen molar-refractivity contribution < 1.29 is 55.1 Å². The number of hydrogen-bond donors (Lipinski definition) is 9. The van der Waals surface area contributed by atoms with Gasteiger partial charge in [-0.1, -0.05) is 0 Å². The van der Waals surface area contributed by atoms with Gasteiger partial charge < -0.3 is 60.4 Å². The average molecular weight is 425 g/mol. The van der Waals surface area contributed by atoms with E-state index in [1.54, 1.807) is 0 Å². The molecular formula is C17H31NO11. The fourth-order valence-corrected chi connectivity index (χ4v) is 4.28. The van der Waals surface area contributed by atoms with Crippen LogP contribution in [-0.4, -0.2) is 134 Å². The van der Waals surface area contributed by atoms with Gasteiger partial charge in [0.15, 0.2) is 6.29 Å². The molecule has 0 spiro atoms. The molecule has 0 bridgehead atoms. The lowest BCUT2D eigenvalue weighted by Crippen LogP contribution is -2.67. The molecule has 13 atom stereocenters. The molecule has 0 saturated carbocycles. The molecule has 3 aliphatic heterocycles. The first-order chi connectivity index (χ1) is 13.7. The van der Waals surface area contributed by atoms with Crippen LogP contribution in [0, 0.1) is 5.92 Å². The smallest absolute Gasteiger partial charge is 0.186 e. The maximum absolute atomic E-state index is 10.7. The Kier molecular flexibility index (Phi) is 7.47. The molecule has 3 heterocycles. The quantitative estimate of drug-likeness (QED) is 0.203. The van der Waals surface area contributed by atoms with Crippen LogP contribution in [0.4, 0.5) is 0 Å². The lowest BCUT2D eigenvalue weighted by atomic mass is 9.79. The monoisotopic (exact) mass is 425 g/mol. The summed E-state index contributed by atoms with van der Waals surface area (Å²) in [5, 5.41) is 83.3. The van der Waals surface area contributed by atoms with Crippen LogP contribution in [0.3, 0.4) is 0 Å². The number of aliphatic hydroxyl groups excluding tert-OH is 8. The van der Waals surface area contributed by atoms with Crippen LogP contribution < -0.4 is 5.32 Å². The summed E-state index contributed by atoms with van der Waals surface area (Å²) in [6, 6.07) is -0.604. The van der Waals surface area contributed by atoms with E-state index in [9.17, 15) is 40.9 Å². The first-order valence-corrected chi connectivity index (χ1v) is 9.71. The summed E-state index contributed by atoms with van der Waals surface area (Å²) in [5.74, 6) is -1.13. The third-order valence-electron chi connectivity index (χ3n) is 6.09. The summed E-state index contributed by atoms with van der Waals surface area (Å²) < 4.78 is 16.7. The van der Waals surface area contributed by atoms with Gasteiger partial charge in [-0.3, -0.25) is 0 Å². The van der Waals surface area contributed by atoms with Crippen LogP contribution in [0.2, 0.25) is 0 Å². The van der Waals surface area contributed by atoms with Crippen LogP contribution in [0.15, 0.2) is 0 Å². The van der Waals surface area contributed by atoms with Gasteiger partial charge in [0, 0.05) is 12.5 Å². The number of ether oxygens (including phenoxy) is 3. The van der Waals surface area contributed by atoms with E-state index in [4.69, 9.17) is 14.2 Å². The number of nitrogens with one attached hydrogen (secondary N) is 1. The number of hydrogen-bond acceptors (Lipinski definition) is 12. The Balaban J connectivity index is 1.73. The molecule has 170 valence electrons. The molecule has 9 N–H and O–H groups in total. The Morgan fingerprint density at radius 1 is 0.828 bits per heavy atom. The lowest BCUT2D eigenvalue weighted by Gasteiger charge is -2.49. The largest absolute Gasteiger partial charge is 0.395 e. The molecule has 12 heteroatoms. The standard InChI is InChI=1S/C17H31NO11/c1-5-10(21)13(24)14(25)16(27-5)9-8(4-20)29-17(15(26)12(9)23)28-7-2-18-6(3-19)11(7)22/h5-26H,2-4H2,1H3/t5?,6?,7-,8-,9?,10-,11-,12?,13?,14-,15-,16-,17+/m1/s1. The third kappa shape index (κ3) is 4.31. The maximum atomic E-state index is 10.7. The van der Waals surface area contributed by atoms with E-state index >= 15 is 0 Å². The van der Waals surface area contributed by atoms with Crippen molar-refractivity contribution in [2.24, 2.45) is 5.92 Å². The highest BCUT2D eigenvalue weighted by atomic mass is 16.7. The topological polar surface area (TPSA) is 202 Å². The van der Waals surface area contributed by atoms with Gasteiger partial charge in [-0.25, -0.2) is 0 Å². The highest BCUT2D eigenvalue weighted by molar-refractivity contribution is 5.01. The first kappa shape index (κ1) is 23.2. The van der Waals surface area contributed by atoms with E-state index in [-0.39, 0.29) is 13.2 Å². The van der Waals surface area contributed by atoms with Crippen LogP contribution in [-0.2, 0) is 14.2 Å². The summed E-state index contributed by atoms with van der Waals surface area (Å²) >= 11 is 0. The Hall–Kier alpha value is -0.480. The zero-order valence-corrected chi connectivity index (χ0v) is 15.9. The van der Waals surface area contributed by atoms with E-state index in [1.165, 1.54) is 6.92 Å². The average Bonchev–Trinajstić information content (AvgIpc) is 3.06. The normalized spacial score (nSPS) is 53.9. The fourth-order valence-electron chi connectivity index (χ4n) is 4.28. The van der Waals surface area contributed by atoms with Gasteiger partial charge in [0.25, 0.3) is 0 Å². The van der Waals surface area contributed by atoms with Gasteiger partial charge in [-0.05, 0) is 6.92 Å². The maximum Gasteiger partial charge on any atom is 0.186 e.